The van der Waals surface area contributed by atoms with E-state index in [4.69, 9.17) is 5.11 Å². The van der Waals surface area contributed by atoms with E-state index >= 15 is 0 Å². The predicted molar refractivity (Wildman–Crippen MR) is 120 cm³/mol. The first-order valence-corrected chi connectivity index (χ1v) is 11.8. The summed E-state index contributed by atoms with van der Waals surface area (Å²) in [5.74, 6) is 2.64. The third kappa shape index (κ3) is 4.78. The van der Waals surface area contributed by atoms with Crippen LogP contribution in [0.2, 0.25) is 0 Å². The molecule has 2 atom stereocenters. The Bertz CT molecular complexity index is 861. The van der Waals surface area contributed by atoms with Gasteiger partial charge in [-0.1, -0.05) is 42.8 Å². The van der Waals surface area contributed by atoms with Crippen LogP contribution in [0.25, 0.3) is 0 Å². The van der Waals surface area contributed by atoms with Crippen LogP contribution in [0.15, 0.2) is 48.5 Å². The lowest BCUT2D eigenvalue weighted by molar-refractivity contribution is 0.0697. The molecule has 3 aliphatic rings. The van der Waals surface area contributed by atoms with Gasteiger partial charge in [-0.25, -0.2) is 4.79 Å². The second-order valence-electron chi connectivity index (χ2n) is 9.84. The van der Waals surface area contributed by atoms with Crippen LogP contribution in [0.1, 0.15) is 83.8 Å². The molecule has 2 aromatic rings. The minimum atomic E-state index is -0.851. The molecule has 3 nitrogen and oxygen atoms in total. The van der Waals surface area contributed by atoms with Gasteiger partial charge in [0.1, 0.15) is 0 Å². The largest absolute Gasteiger partial charge is 0.478 e. The first-order chi connectivity index (χ1) is 14.7. The Balaban J connectivity index is 1.02. The number of rotatable bonds is 8. The van der Waals surface area contributed by atoms with E-state index in [0.29, 0.717) is 5.56 Å². The highest BCUT2D eigenvalue weighted by molar-refractivity contribution is 5.87. The van der Waals surface area contributed by atoms with Crippen molar-refractivity contribution >= 4 is 5.97 Å². The Hall–Kier alpha value is -2.13. The van der Waals surface area contributed by atoms with Crippen molar-refractivity contribution in [2.45, 2.75) is 63.3 Å². The molecule has 0 amide bonds. The summed E-state index contributed by atoms with van der Waals surface area (Å²) in [6.07, 6.45) is 9.58. The van der Waals surface area contributed by atoms with Crippen molar-refractivity contribution in [3.05, 3.63) is 70.8 Å². The van der Waals surface area contributed by atoms with Gasteiger partial charge in [-0.15, -0.1) is 0 Å². The van der Waals surface area contributed by atoms with Crippen LogP contribution in [-0.2, 0) is 6.54 Å². The molecular weight excluding hydrogens is 370 g/mol. The Kier molecular flexibility index (Phi) is 5.64. The number of carboxylic acids is 1. The number of carboxylic acid groups (broad SMARTS) is 1. The SMILES string of the molecule is O=C(O)c1ccc(CN2CCC(CC[C@H]3C[C@@H]3c3ccc(C4CC4)cc3)CC2)cc1. The average molecular weight is 404 g/mol. The van der Waals surface area contributed by atoms with Crippen LogP contribution >= 0.6 is 0 Å². The second-order valence-corrected chi connectivity index (χ2v) is 9.84. The van der Waals surface area contributed by atoms with Gasteiger partial charge in [-0.05, 0) is 104 Å². The lowest BCUT2D eigenvalue weighted by atomic mass is 9.90. The molecule has 0 spiro atoms. The molecule has 30 heavy (non-hydrogen) atoms. The first kappa shape index (κ1) is 19.8. The molecule has 0 aromatic heterocycles. The van der Waals surface area contributed by atoms with E-state index < -0.39 is 5.97 Å². The molecule has 2 saturated carbocycles. The Morgan fingerprint density at radius 3 is 2.17 bits per heavy atom. The van der Waals surface area contributed by atoms with Crippen molar-refractivity contribution in [3.8, 4) is 0 Å². The number of hydrogen-bond donors (Lipinski definition) is 1. The summed E-state index contributed by atoms with van der Waals surface area (Å²) < 4.78 is 0. The van der Waals surface area contributed by atoms with E-state index in [0.717, 1.165) is 30.2 Å². The molecule has 1 N–H and O–H groups in total. The number of aromatic carboxylic acids is 1. The summed E-state index contributed by atoms with van der Waals surface area (Å²) in [5, 5.41) is 9.02. The molecule has 1 heterocycles. The first-order valence-electron chi connectivity index (χ1n) is 11.8. The van der Waals surface area contributed by atoms with Gasteiger partial charge in [-0.2, -0.15) is 0 Å². The lowest BCUT2D eigenvalue weighted by Crippen LogP contribution is -2.33. The number of carbonyl (C=O) groups is 1. The maximum atomic E-state index is 11.0. The fourth-order valence-corrected chi connectivity index (χ4v) is 5.30. The predicted octanol–water partition coefficient (Wildman–Crippen LogP) is 6.06. The third-order valence-corrected chi connectivity index (χ3v) is 7.60. The molecule has 0 radical (unpaired) electrons. The minimum Gasteiger partial charge on any atom is -0.478 e. The van der Waals surface area contributed by atoms with Crippen molar-refractivity contribution in [2.24, 2.45) is 11.8 Å². The van der Waals surface area contributed by atoms with Crippen LogP contribution in [-0.4, -0.2) is 29.1 Å². The molecule has 0 bridgehead atoms. The summed E-state index contributed by atoms with van der Waals surface area (Å²) in [6.45, 7) is 3.28. The van der Waals surface area contributed by atoms with Crippen LogP contribution in [0.4, 0.5) is 0 Å². The van der Waals surface area contributed by atoms with E-state index in [1.165, 1.54) is 63.6 Å². The molecule has 0 unspecified atom stereocenters. The highest BCUT2D eigenvalue weighted by Crippen LogP contribution is 2.51. The van der Waals surface area contributed by atoms with Crippen LogP contribution in [0.3, 0.4) is 0 Å². The third-order valence-electron chi connectivity index (χ3n) is 7.60. The van der Waals surface area contributed by atoms with Gasteiger partial charge in [-0.3, -0.25) is 4.90 Å². The monoisotopic (exact) mass is 403 g/mol. The molecule has 3 heteroatoms. The van der Waals surface area contributed by atoms with Gasteiger partial charge in [0.15, 0.2) is 0 Å². The fraction of sp³-hybridized carbons (Fsp3) is 0.519. The van der Waals surface area contributed by atoms with E-state index in [1.807, 2.05) is 12.1 Å². The van der Waals surface area contributed by atoms with Crippen molar-refractivity contribution < 1.29 is 9.90 Å². The molecule has 5 rings (SSSR count). The van der Waals surface area contributed by atoms with E-state index in [2.05, 4.69) is 29.2 Å². The summed E-state index contributed by atoms with van der Waals surface area (Å²) in [7, 11) is 0. The topological polar surface area (TPSA) is 40.5 Å². The molecular formula is C27H33NO2. The number of benzene rings is 2. The molecule has 3 fully saturated rings. The Morgan fingerprint density at radius 1 is 0.867 bits per heavy atom. The molecule has 158 valence electrons. The lowest BCUT2D eigenvalue weighted by Gasteiger charge is -2.32. The van der Waals surface area contributed by atoms with Crippen LogP contribution in [0, 0.1) is 11.8 Å². The zero-order valence-electron chi connectivity index (χ0n) is 17.8. The summed E-state index contributed by atoms with van der Waals surface area (Å²) in [4.78, 5) is 13.5. The molecule has 2 aromatic carbocycles. The van der Waals surface area contributed by atoms with Crippen molar-refractivity contribution in [1.29, 1.82) is 0 Å². The van der Waals surface area contributed by atoms with Gasteiger partial charge in [0.2, 0.25) is 0 Å². The van der Waals surface area contributed by atoms with Crippen molar-refractivity contribution in [1.82, 2.24) is 4.90 Å². The summed E-state index contributed by atoms with van der Waals surface area (Å²) in [6, 6.07) is 16.9. The maximum absolute atomic E-state index is 11.0. The van der Waals surface area contributed by atoms with Gasteiger partial charge in [0, 0.05) is 6.54 Å². The quantitative estimate of drug-likeness (QED) is 0.582. The number of nitrogens with zero attached hydrogens (tertiary/aromatic N) is 1. The minimum absolute atomic E-state index is 0.370. The standard InChI is InChI=1S/C27H33NO2/c29-27(30)24-4-2-20(3-5-24)18-28-15-13-19(14-16-28)1-6-25-17-26(25)23-11-9-22(10-12-23)21-7-8-21/h2-5,9-12,19,21,25-26H,1,6-8,13-18H2,(H,29,30)/t25-,26+/m0/s1. The van der Waals surface area contributed by atoms with Crippen LogP contribution in [0.5, 0.6) is 0 Å². The van der Waals surface area contributed by atoms with E-state index in [9.17, 15) is 4.79 Å². The maximum Gasteiger partial charge on any atom is 0.335 e. The zero-order chi connectivity index (χ0) is 20.5. The fourth-order valence-electron chi connectivity index (χ4n) is 5.30. The number of likely N-dealkylation sites (tertiary alicyclic amines) is 1. The van der Waals surface area contributed by atoms with Gasteiger partial charge >= 0.3 is 5.97 Å². The summed E-state index contributed by atoms with van der Waals surface area (Å²) >= 11 is 0. The van der Waals surface area contributed by atoms with E-state index in [1.54, 1.807) is 23.3 Å². The van der Waals surface area contributed by atoms with Gasteiger partial charge < -0.3 is 5.11 Å². The molecule has 2 aliphatic carbocycles. The smallest absolute Gasteiger partial charge is 0.335 e. The van der Waals surface area contributed by atoms with E-state index in [-0.39, 0.29) is 0 Å². The van der Waals surface area contributed by atoms with Crippen LogP contribution < -0.4 is 0 Å². The zero-order valence-corrected chi connectivity index (χ0v) is 17.8. The van der Waals surface area contributed by atoms with Crippen molar-refractivity contribution in [3.63, 3.8) is 0 Å². The van der Waals surface area contributed by atoms with Gasteiger partial charge in [0.25, 0.3) is 0 Å². The highest BCUT2D eigenvalue weighted by Gasteiger charge is 2.38. The Labute approximate surface area is 180 Å². The van der Waals surface area contributed by atoms with Gasteiger partial charge in [0.05, 0.1) is 5.56 Å². The highest BCUT2D eigenvalue weighted by atomic mass is 16.4. The number of hydrogen-bond acceptors (Lipinski definition) is 2. The Morgan fingerprint density at radius 2 is 1.53 bits per heavy atom. The average Bonchev–Trinajstić information content (AvgIpc) is 3.69. The second kappa shape index (κ2) is 8.55. The molecule has 1 saturated heterocycles. The summed E-state index contributed by atoms with van der Waals surface area (Å²) in [5.41, 5.74) is 4.72. The number of piperidine rings is 1. The normalized spacial score (nSPS) is 24.7. The van der Waals surface area contributed by atoms with Crippen molar-refractivity contribution in [2.75, 3.05) is 13.1 Å². The molecule has 1 aliphatic heterocycles.